The molecule has 0 saturated heterocycles. The molecule has 8 heteroatoms. The summed E-state index contributed by atoms with van der Waals surface area (Å²) in [7, 11) is 3.36. The molecule has 3 rings (SSSR count). The molecule has 3 aromatic rings. The summed E-state index contributed by atoms with van der Waals surface area (Å²) in [6.07, 6.45) is 1.56. The van der Waals surface area contributed by atoms with Gasteiger partial charge >= 0.3 is 0 Å². The Bertz CT molecular complexity index is 1060. The van der Waals surface area contributed by atoms with Gasteiger partial charge in [-0.25, -0.2) is 10.1 Å². The van der Waals surface area contributed by atoms with E-state index in [1.807, 2.05) is 20.9 Å². The van der Waals surface area contributed by atoms with Crippen LogP contribution >= 0.6 is 0 Å². The van der Waals surface area contributed by atoms with Gasteiger partial charge < -0.3 is 0 Å². The zero-order valence-electron chi connectivity index (χ0n) is 14.4. The first-order valence-electron chi connectivity index (χ1n) is 7.69. The molecular weight excluding hydrogens is 320 g/mol. The Morgan fingerprint density at radius 1 is 1.12 bits per heavy atom. The quantitative estimate of drug-likeness (QED) is 0.570. The van der Waals surface area contributed by atoms with Gasteiger partial charge in [-0.3, -0.25) is 14.3 Å². The topological polar surface area (TPSA) is 94.2 Å². The van der Waals surface area contributed by atoms with E-state index in [0.717, 1.165) is 21.6 Å². The summed E-state index contributed by atoms with van der Waals surface area (Å²) >= 11 is 0. The molecule has 0 aliphatic heterocycles. The molecule has 0 saturated carbocycles. The van der Waals surface area contributed by atoms with Crippen molar-refractivity contribution in [2.75, 3.05) is 0 Å². The van der Waals surface area contributed by atoms with Crippen LogP contribution in [0.3, 0.4) is 0 Å². The largest absolute Gasteiger partial charge is 0.292 e. The minimum absolute atomic E-state index is 0.148. The average Bonchev–Trinajstić information content (AvgIpc) is 2.84. The Balaban J connectivity index is 1.92. The monoisotopic (exact) mass is 338 g/mol. The van der Waals surface area contributed by atoms with Crippen molar-refractivity contribution in [3.05, 3.63) is 57.3 Å². The molecule has 1 aromatic carbocycles. The molecule has 0 spiro atoms. The highest BCUT2D eigenvalue weighted by atomic mass is 16.2. The normalized spacial score (nSPS) is 11.4. The fourth-order valence-electron chi connectivity index (χ4n) is 2.65. The lowest BCUT2D eigenvalue weighted by Gasteiger charge is -2.06. The van der Waals surface area contributed by atoms with E-state index in [0.29, 0.717) is 10.8 Å². The van der Waals surface area contributed by atoms with E-state index in [9.17, 15) is 9.59 Å². The Hall–Kier alpha value is -3.29. The molecule has 128 valence electrons. The molecule has 0 aliphatic rings. The Morgan fingerprint density at radius 2 is 1.80 bits per heavy atom. The first-order valence-corrected chi connectivity index (χ1v) is 7.69. The summed E-state index contributed by atoms with van der Waals surface area (Å²) in [6, 6.07) is 6.86. The van der Waals surface area contributed by atoms with Crippen LogP contribution in [-0.2, 0) is 14.1 Å². The number of rotatable bonds is 3. The second-order valence-electron chi connectivity index (χ2n) is 5.73. The zero-order chi connectivity index (χ0) is 18.1. The number of nitrogens with zero attached hydrogens (tertiary/aromatic N) is 5. The first-order chi connectivity index (χ1) is 11.9. The SMILES string of the molecule is Cc1nn(C)c(C)c1/C=N\NC(=O)c1nn(C)c(=O)c2ccccc12. The van der Waals surface area contributed by atoms with Crippen LogP contribution in [0.15, 0.2) is 34.2 Å². The van der Waals surface area contributed by atoms with E-state index in [1.54, 1.807) is 35.2 Å². The third kappa shape index (κ3) is 2.93. The first kappa shape index (κ1) is 16.6. The van der Waals surface area contributed by atoms with Crippen molar-refractivity contribution in [1.82, 2.24) is 25.0 Å². The molecule has 1 N–H and O–H groups in total. The fraction of sp³-hybridized carbons (Fsp3) is 0.235. The number of amides is 1. The molecule has 0 fully saturated rings. The number of hydrogen-bond acceptors (Lipinski definition) is 5. The zero-order valence-corrected chi connectivity index (χ0v) is 14.4. The molecule has 0 bridgehead atoms. The minimum atomic E-state index is -0.484. The third-order valence-corrected chi connectivity index (χ3v) is 4.10. The maximum atomic E-state index is 12.5. The molecule has 1 amide bonds. The second kappa shape index (κ2) is 6.31. The van der Waals surface area contributed by atoms with E-state index in [1.165, 1.54) is 7.05 Å². The van der Waals surface area contributed by atoms with Crippen molar-refractivity contribution in [2.24, 2.45) is 19.2 Å². The smallest absolute Gasteiger partial charge is 0.272 e. The molecule has 0 radical (unpaired) electrons. The predicted molar refractivity (Wildman–Crippen MR) is 94.7 cm³/mol. The summed E-state index contributed by atoms with van der Waals surface area (Å²) in [4.78, 5) is 24.6. The van der Waals surface area contributed by atoms with Gasteiger partial charge in [-0.15, -0.1) is 0 Å². The molecule has 2 aromatic heterocycles. The number of fused-ring (bicyclic) bond motifs is 1. The molecule has 2 heterocycles. The molecular formula is C17H18N6O2. The third-order valence-electron chi connectivity index (χ3n) is 4.10. The number of aromatic nitrogens is 4. The van der Waals surface area contributed by atoms with Crippen LogP contribution in [0.5, 0.6) is 0 Å². The van der Waals surface area contributed by atoms with Crippen LogP contribution in [0, 0.1) is 13.8 Å². The van der Waals surface area contributed by atoms with Gasteiger partial charge in [0.05, 0.1) is 17.3 Å². The summed E-state index contributed by atoms with van der Waals surface area (Å²) in [6.45, 7) is 3.80. The molecule has 0 aliphatic carbocycles. The highest BCUT2D eigenvalue weighted by Crippen LogP contribution is 2.13. The van der Waals surface area contributed by atoms with E-state index in [-0.39, 0.29) is 11.3 Å². The summed E-state index contributed by atoms with van der Waals surface area (Å²) in [5.74, 6) is -0.484. The number of hydrazone groups is 1. The van der Waals surface area contributed by atoms with Gasteiger partial charge in [0.1, 0.15) is 0 Å². The Kier molecular flexibility index (Phi) is 4.18. The van der Waals surface area contributed by atoms with Gasteiger partial charge in [-0.2, -0.15) is 15.3 Å². The van der Waals surface area contributed by atoms with Gasteiger partial charge in [0.2, 0.25) is 0 Å². The highest BCUT2D eigenvalue weighted by molar-refractivity contribution is 6.05. The van der Waals surface area contributed by atoms with Crippen molar-refractivity contribution >= 4 is 22.9 Å². The number of hydrogen-bond donors (Lipinski definition) is 1. The summed E-state index contributed by atoms with van der Waals surface area (Å²) < 4.78 is 2.90. The number of benzene rings is 1. The van der Waals surface area contributed by atoms with Crippen LogP contribution in [0.2, 0.25) is 0 Å². The maximum Gasteiger partial charge on any atom is 0.292 e. The van der Waals surface area contributed by atoms with Gasteiger partial charge in [0.25, 0.3) is 11.5 Å². The van der Waals surface area contributed by atoms with Crippen molar-refractivity contribution in [2.45, 2.75) is 13.8 Å². The Labute approximate surface area is 143 Å². The second-order valence-corrected chi connectivity index (χ2v) is 5.73. The van der Waals surface area contributed by atoms with Gasteiger partial charge in [-0.05, 0) is 19.9 Å². The Morgan fingerprint density at radius 3 is 2.44 bits per heavy atom. The lowest BCUT2D eigenvalue weighted by molar-refractivity contribution is 0.0950. The van der Waals surface area contributed by atoms with Crippen LogP contribution in [0.4, 0.5) is 0 Å². The van der Waals surface area contributed by atoms with Gasteiger partial charge in [0.15, 0.2) is 5.69 Å². The van der Waals surface area contributed by atoms with Crippen molar-refractivity contribution in [3.8, 4) is 0 Å². The number of carbonyl (C=O) groups is 1. The predicted octanol–water partition coefficient (Wildman–Crippen LogP) is 1.05. The maximum absolute atomic E-state index is 12.5. The molecule has 0 unspecified atom stereocenters. The lowest BCUT2D eigenvalue weighted by Crippen LogP contribution is -2.27. The van der Waals surface area contributed by atoms with Crippen LogP contribution in [0.25, 0.3) is 10.8 Å². The minimum Gasteiger partial charge on any atom is -0.272 e. The van der Waals surface area contributed by atoms with Crippen molar-refractivity contribution in [3.63, 3.8) is 0 Å². The van der Waals surface area contributed by atoms with E-state index >= 15 is 0 Å². The number of carbonyl (C=O) groups excluding carboxylic acids is 1. The molecule has 25 heavy (non-hydrogen) atoms. The van der Waals surface area contributed by atoms with E-state index < -0.39 is 5.91 Å². The number of nitrogens with one attached hydrogen (secondary N) is 1. The van der Waals surface area contributed by atoms with Crippen LogP contribution < -0.4 is 11.0 Å². The van der Waals surface area contributed by atoms with E-state index in [4.69, 9.17) is 0 Å². The number of aryl methyl sites for hydroxylation is 3. The molecule has 8 nitrogen and oxygen atoms in total. The van der Waals surface area contributed by atoms with Crippen LogP contribution in [0.1, 0.15) is 27.4 Å². The van der Waals surface area contributed by atoms with E-state index in [2.05, 4.69) is 20.7 Å². The van der Waals surface area contributed by atoms with Crippen LogP contribution in [-0.4, -0.2) is 31.7 Å². The van der Waals surface area contributed by atoms with Crippen molar-refractivity contribution in [1.29, 1.82) is 0 Å². The summed E-state index contributed by atoms with van der Waals surface area (Å²) in [5.41, 5.74) is 4.98. The van der Waals surface area contributed by atoms with Gasteiger partial charge in [-0.1, -0.05) is 18.2 Å². The highest BCUT2D eigenvalue weighted by Gasteiger charge is 2.15. The molecule has 0 atom stereocenters. The van der Waals surface area contributed by atoms with Crippen molar-refractivity contribution < 1.29 is 4.79 Å². The standard InChI is InChI=1S/C17H18N6O2/c1-10-14(11(2)22(3)20-10)9-18-19-16(24)15-12-7-5-6-8-13(12)17(25)23(4)21-15/h5-9H,1-4H3,(H,19,24)/b18-9-. The lowest BCUT2D eigenvalue weighted by atomic mass is 10.1. The fourth-order valence-corrected chi connectivity index (χ4v) is 2.65. The van der Waals surface area contributed by atoms with Gasteiger partial charge in [0, 0.05) is 30.7 Å². The summed E-state index contributed by atoms with van der Waals surface area (Å²) in [5, 5.41) is 13.3. The average molecular weight is 338 g/mol.